The maximum absolute atomic E-state index is 6.28. The Morgan fingerprint density at radius 3 is 1.54 bits per heavy atom. The maximum atomic E-state index is 6.28. The number of benzene rings is 9. The van der Waals surface area contributed by atoms with Gasteiger partial charge >= 0.3 is 0 Å². The van der Waals surface area contributed by atoms with Gasteiger partial charge in [-0.1, -0.05) is 140 Å². The van der Waals surface area contributed by atoms with Crippen molar-refractivity contribution in [2.45, 2.75) is 0 Å². The summed E-state index contributed by atoms with van der Waals surface area (Å²) in [5.41, 5.74) is 8.05. The molecule has 9 aromatic carbocycles. The molecule has 0 radical (unpaired) electrons. The number of hydrogen-bond donors (Lipinski definition) is 0. The van der Waals surface area contributed by atoms with Crippen molar-refractivity contribution in [3.8, 4) is 39.9 Å². The molecule has 0 fully saturated rings. The largest absolute Gasteiger partial charge is 0.456 e. The average Bonchev–Trinajstić information content (AvgIpc) is 3.81. The van der Waals surface area contributed by atoms with Gasteiger partial charge in [0.05, 0.1) is 11.0 Å². The van der Waals surface area contributed by atoms with Gasteiger partial charge in [0, 0.05) is 32.7 Å². The van der Waals surface area contributed by atoms with Crippen molar-refractivity contribution in [3.63, 3.8) is 0 Å². The van der Waals surface area contributed by atoms with E-state index in [1.807, 2.05) is 72.8 Å². The molecule has 0 bridgehead atoms. The van der Waals surface area contributed by atoms with E-state index in [1.54, 1.807) is 0 Å². The molecule has 56 heavy (non-hydrogen) atoms. The van der Waals surface area contributed by atoms with Crippen LogP contribution in [0.15, 0.2) is 186 Å². The predicted molar refractivity (Wildman–Crippen MR) is 230 cm³/mol. The van der Waals surface area contributed by atoms with E-state index in [9.17, 15) is 0 Å². The zero-order valence-electron chi connectivity index (χ0n) is 30.0. The molecule has 0 unspecified atom stereocenters. The van der Waals surface area contributed by atoms with Crippen LogP contribution in [0, 0.1) is 0 Å². The summed E-state index contributed by atoms with van der Waals surface area (Å²) in [6, 6.07) is 64.0. The zero-order valence-corrected chi connectivity index (χ0v) is 30.0. The first-order valence-electron chi connectivity index (χ1n) is 18.9. The fourth-order valence-electron chi connectivity index (χ4n) is 8.61. The Morgan fingerprint density at radius 1 is 0.304 bits per heavy atom. The Labute approximate surface area is 320 Å². The van der Waals surface area contributed by atoms with Gasteiger partial charge in [0.2, 0.25) is 5.95 Å². The Bertz CT molecular complexity index is 3470. The van der Waals surface area contributed by atoms with E-state index in [0.717, 1.165) is 66.0 Å². The van der Waals surface area contributed by atoms with Crippen LogP contribution in [0.5, 0.6) is 0 Å². The van der Waals surface area contributed by atoms with Crippen LogP contribution in [0.1, 0.15) is 0 Å². The zero-order chi connectivity index (χ0) is 36.7. The highest BCUT2D eigenvalue weighted by Gasteiger charge is 2.20. The minimum absolute atomic E-state index is 0.583. The molecule has 12 rings (SSSR count). The summed E-state index contributed by atoms with van der Waals surface area (Å²) < 4.78 is 8.49. The van der Waals surface area contributed by atoms with Gasteiger partial charge in [0.1, 0.15) is 11.2 Å². The van der Waals surface area contributed by atoms with Crippen molar-refractivity contribution >= 4 is 76.1 Å². The van der Waals surface area contributed by atoms with E-state index in [-0.39, 0.29) is 0 Å². The standard InChI is InChI=1S/C51H30N4O/c1-3-13-31(14-4-1)49-52-50(32-15-5-2-6-16-32)54-51(53-49)55-45-21-11-9-19-38(45)44-29-42-37-25-23-33(27-41(37)35-17-7-8-18-36(35)43(42)30-46(44)55)34-24-26-40-39-20-10-12-22-47(39)56-48(40)28-34/h1-30H. The molecule has 5 heteroatoms. The molecule has 0 amide bonds. The van der Waals surface area contributed by atoms with E-state index in [4.69, 9.17) is 19.4 Å². The second kappa shape index (κ2) is 11.9. The van der Waals surface area contributed by atoms with E-state index in [1.165, 1.54) is 32.3 Å². The van der Waals surface area contributed by atoms with Crippen LogP contribution in [0.2, 0.25) is 0 Å². The molecule has 0 spiro atoms. The van der Waals surface area contributed by atoms with Crippen molar-refractivity contribution in [2.75, 3.05) is 0 Å². The molecule has 0 atom stereocenters. The average molecular weight is 715 g/mol. The molecule has 3 aromatic heterocycles. The summed E-state index contributed by atoms with van der Waals surface area (Å²) in [7, 11) is 0. The number of aromatic nitrogens is 4. The molecule has 0 N–H and O–H groups in total. The number of rotatable bonds is 4. The summed E-state index contributed by atoms with van der Waals surface area (Å²) in [4.78, 5) is 15.3. The van der Waals surface area contributed by atoms with E-state index < -0.39 is 0 Å². The molecule has 0 aliphatic rings. The van der Waals surface area contributed by atoms with E-state index in [2.05, 4.69) is 114 Å². The molecule has 12 aromatic rings. The molecular weight excluding hydrogens is 685 g/mol. The van der Waals surface area contributed by atoms with E-state index >= 15 is 0 Å². The van der Waals surface area contributed by atoms with Crippen molar-refractivity contribution < 1.29 is 4.42 Å². The van der Waals surface area contributed by atoms with Crippen molar-refractivity contribution in [1.29, 1.82) is 0 Å². The summed E-state index contributed by atoms with van der Waals surface area (Å²) in [6.45, 7) is 0. The first-order valence-corrected chi connectivity index (χ1v) is 18.9. The van der Waals surface area contributed by atoms with Crippen LogP contribution in [0.25, 0.3) is 116 Å². The van der Waals surface area contributed by atoms with Gasteiger partial charge < -0.3 is 4.42 Å². The number of furan rings is 1. The predicted octanol–water partition coefficient (Wildman–Crippen LogP) is 13.3. The van der Waals surface area contributed by atoms with Crippen LogP contribution in [0.4, 0.5) is 0 Å². The van der Waals surface area contributed by atoms with Crippen LogP contribution in [0.3, 0.4) is 0 Å². The third-order valence-electron chi connectivity index (χ3n) is 11.2. The molecular formula is C51H30N4O. The van der Waals surface area contributed by atoms with Gasteiger partial charge in [-0.05, 0) is 85.9 Å². The molecule has 0 aliphatic carbocycles. The van der Waals surface area contributed by atoms with Crippen LogP contribution in [-0.4, -0.2) is 19.5 Å². The first kappa shape index (κ1) is 30.8. The summed E-state index contributed by atoms with van der Waals surface area (Å²) in [5.74, 6) is 1.85. The third kappa shape index (κ3) is 4.64. The Kier molecular flexibility index (Phi) is 6.56. The lowest BCUT2D eigenvalue weighted by molar-refractivity contribution is 0.669. The second-order valence-corrected chi connectivity index (χ2v) is 14.4. The number of nitrogens with zero attached hydrogens (tertiary/aromatic N) is 4. The SMILES string of the molecule is c1ccc(-c2nc(-c3ccccc3)nc(-n3c4ccccc4c4cc5c6ccc(-c7ccc8c(c7)oc7ccccc78)cc6c6ccccc6c5cc43)n2)cc1. The van der Waals surface area contributed by atoms with Crippen LogP contribution < -0.4 is 0 Å². The Morgan fingerprint density at radius 2 is 0.821 bits per heavy atom. The number of hydrogen-bond acceptors (Lipinski definition) is 4. The highest BCUT2D eigenvalue weighted by atomic mass is 16.3. The van der Waals surface area contributed by atoms with Crippen molar-refractivity contribution in [3.05, 3.63) is 182 Å². The number of para-hydroxylation sites is 2. The van der Waals surface area contributed by atoms with Gasteiger partial charge in [-0.25, -0.2) is 4.98 Å². The van der Waals surface area contributed by atoms with Crippen LogP contribution in [-0.2, 0) is 0 Å². The minimum atomic E-state index is 0.583. The first-order chi connectivity index (χ1) is 27.7. The fraction of sp³-hybridized carbons (Fsp3) is 0. The quantitative estimate of drug-likeness (QED) is 0.170. The van der Waals surface area contributed by atoms with Gasteiger partial charge in [-0.3, -0.25) is 4.57 Å². The highest BCUT2D eigenvalue weighted by Crippen LogP contribution is 2.42. The summed E-state index contributed by atoms with van der Waals surface area (Å²) >= 11 is 0. The van der Waals surface area contributed by atoms with Gasteiger partial charge in [0.25, 0.3) is 0 Å². The lowest BCUT2D eigenvalue weighted by atomic mass is 9.91. The molecule has 260 valence electrons. The second-order valence-electron chi connectivity index (χ2n) is 14.4. The summed E-state index contributed by atoms with van der Waals surface area (Å²) in [6.07, 6.45) is 0. The van der Waals surface area contributed by atoms with Crippen molar-refractivity contribution in [2.24, 2.45) is 0 Å². The maximum Gasteiger partial charge on any atom is 0.238 e. The highest BCUT2D eigenvalue weighted by molar-refractivity contribution is 6.29. The lowest BCUT2D eigenvalue weighted by Crippen LogP contribution is -2.06. The normalized spacial score (nSPS) is 11.9. The molecule has 0 saturated carbocycles. The smallest absolute Gasteiger partial charge is 0.238 e. The Balaban J connectivity index is 1.12. The van der Waals surface area contributed by atoms with E-state index in [0.29, 0.717) is 17.6 Å². The molecule has 0 aliphatic heterocycles. The van der Waals surface area contributed by atoms with Gasteiger partial charge in [-0.15, -0.1) is 0 Å². The third-order valence-corrected chi connectivity index (χ3v) is 11.2. The molecule has 5 nitrogen and oxygen atoms in total. The lowest BCUT2D eigenvalue weighted by Gasteiger charge is -2.14. The number of fused-ring (bicyclic) bond motifs is 12. The van der Waals surface area contributed by atoms with Crippen molar-refractivity contribution in [1.82, 2.24) is 19.5 Å². The molecule has 0 saturated heterocycles. The Hall–Kier alpha value is -7.63. The fourth-order valence-corrected chi connectivity index (χ4v) is 8.61. The van der Waals surface area contributed by atoms with Gasteiger partial charge in [0.15, 0.2) is 11.6 Å². The van der Waals surface area contributed by atoms with Crippen LogP contribution >= 0.6 is 0 Å². The van der Waals surface area contributed by atoms with Gasteiger partial charge in [-0.2, -0.15) is 9.97 Å². The minimum Gasteiger partial charge on any atom is -0.456 e. The summed E-state index contributed by atoms with van der Waals surface area (Å²) in [5, 5.41) is 11.8. The topological polar surface area (TPSA) is 56.7 Å². The monoisotopic (exact) mass is 714 g/mol. The molecule has 3 heterocycles.